The lowest BCUT2D eigenvalue weighted by Crippen LogP contribution is -2.43. The number of aromatic nitrogens is 2. The molecule has 100 valence electrons. The molecule has 18 heavy (non-hydrogen) atoms. The van der Waals surface area contributed by atoms with Gasteiger partial charge in [-0.05, 0) is 20.8 Å². The highest BCUT2D eigenvalue weighted by atomic mass is 35.5. The van der Waals surface area contributed by atoms with Crippen LogP contribution in [0, 0.1) is 0 Å². The summed E-state index contributed by atoms with van der Waals surface area (Å²) < 4.78 is 5.98. The van der Waals surface area contributed by atoms with E-state index in [4.69, 9.17) is 16.3 Å². The van der Waals surface area contributed by atoms with Crippen molar-refractivity contribution in [2.24, 2.45) is 0 Å². The normalized spacial score (nSPS) is 11.2. The van der Waals surface area contributed by atoms with Gasteiger partial charge in [-0.2, -0.15) is 0 Å². The van der Waals surface area contributed by atoms with Crippen LogP contribution in [0.5, 0.6) is 5.75 Å². The number of carbonyl (C=O) groups is 1. The highest BCUT2D eigenvalue weighted by Crippen LogP contribution is 2.14. The van der Waals surface area contributed by atoms with Crippen molar-refractivity contribution in [3.05, 3.63) is 21.8 Å². The number of hydrogen-bond acceptors (Lipinski definition) is 4. The lowest BCUT2D eigenvalue weighted by molar-refractivity contribution is -0.123. The molecule has 6 nitrogen and oxygen atoms in total. The molecule has 1 aromatic heterocycles. The molecule has 0 spiro atoms. The molecule has 0 saturated heterocycles. The lowest BCUT2D eigenvalue weighted by Gasteiger charge is -2.20. The minimum absolute atomic E-state index is 0.0185. The van der Waals surface area contributed by atoms with E-state index in [1.807, 2.05) is 20.8 Å². The third-order valence-corrected chi connectivity index (χ3v) is 2.25. The SMILES string of the molecule is COc1c(Cl)ncn(CC(=O)NC(C)(C)C)c1=O. The molecule has 0 atom stereocenters. The minimum Gasteiger partial charge on any atom is -0.489 e. The first-order chi connectivity index (χ1) is 8.24. The predicted octanol–water partition coefficient (Wildman–Crippen LogP) is 0.820. The predicted molar refractivity (Wildman–Crippen MR) is 68.0 cm³/mol. The molecule has 0 saturated carbocycles. The van der Waals surface area contributed by atoms with E-state index >= 15 is 0 Å². The maximum absolute atomic E-state index is 11.9. The van der Waals surface area contributed by atoms with E-state index in [0.29, 0.717) is 0 Å². The first-order valence-electron chi connectivity index (χ1n) is 5.34. The summed E-state index contributed by atoms with van der Waals surface area (Å²) in [6.45, 7) is 5.44. The van der Waals surface area contributed by atoms with Gasteiger partial charge in [0.2, 0.25) is 11.7 Å². The molecule has 0 radical (unpaired) electrons. The second-order valence-corrected chi connectivity index (χ2v) is 5.16. The maximum Gasteiger partial charge on any atom is 0.297 e. The third-order valence-electron chi connectivity index (χ3n) is 1.99. The van der Waals surface area contributed by atoms with E-state index < -0.39 is 5.56 Å². The summed E-state index contributed by atoms with van der Waals surface area (Å²) in [6, 6.07) is 0. The fourth-order valence-corrected chi connectivity index (χ4v) is 1.55. The van der Waals surface area contributed by atoms with Crippen LogP contribution in [0.4, 0.5) is 0 Å². The molecule has 0 aliphatic rings. The van der Waals surface area contributed by atoms with E-state index in [1.54, 1.807) is 0 Å². The van der Waals surface area contributed by atoms with Gasteiger partial charge >= 0.3 is 0 Å². The molecule has 7 heteroatoms. The number of halogens is 1. The van der Waals surface area contributed by atoms with Crippen LogP contribution in [-0.2, 0) is 11.3 Å². The summed E-state index contributed by atoms with van der Waals surface area (Å²) in [6.07, 6.45) is 1.22. The Hall–Kier alpha value is -1.56. The minimum atomic E-state index is -0.485. The molecule has 1 heterocycles. The molecular weight excluding hydrogens is 258 g/mol. The van der Waals surface area contributed by atoms with Gasteiger partial charge in [-0.25, -0.2) is 4.98 Å². The van der Waals surface area contributed by atoms with Gasteiger partial charge in [0.25, 0.3) is 5.56 Å². The second kappa shape index (κ2) is 5.39. The summed E-state index contributed by atoms with van der Waals surface area (Å²) in [4.78, 5) is 27.3. The van der Waals surface area contributed by atoms with E-state index in [9.17, 15) is 9.59 Å². The molecule has 1 aromatic rings. The van der Waals surface area contributed by atoms with Crippen molar-refractivity contribution in [3.63, 3.8) is 0 Å². The highest BCUT2D eigenvalue weighted by molar-refractivity contribution is 6.30. The Bertz CT molecular complexity index is 505. The molecular formula is C11H16ClN3O3. The van der Waals surface area contributed by atoms with Crippen LogP contribution in [0.2, 0.25) is 5.15 Å². The van der Waals surface area contributed by atoms with Gasteiger partial charge in [-0.1, -0.05) is 11.6 Å². The second-order valence-electron chi connectivity index (χ2n) is 4.80. The fraction of sp³-hybridized carbons (Fsp3) is 0.545. The number of amides is 1. The highest BCUT2D eigenvalue weighted by Gasteiger charge is 2.16. The summed E-state index contributed by atoms with van der Waals surface area (Å²) in [5.41, 5.74) is -0.841. The molecule has 0 bridgehead atoms. The van der Waals surface area contributed by atoms with Crippen LogP contribution < -0.4 is 15.6 Å². The Balaban J connectivity index is 2.93. The Morgan fingerprint density at radius 3 is 2.67 bits per heavy atom. The topological polar surface area (TPSA) is 73.2 Å². The smallest absolute Gasteiger partial charge is 0.297 e. The number of methoxy groups -OCH3 is 1. The van der Waals surface area contributed by atoms with Gasteiger partial charge in [0.15, 0.2) is 5.15 Å². The van der Waals surface area contributed by atoms with Crippen LogP contribution in [0.25, 0.3) is 0 Å². The standard InChI is InChI=1S/C11H16ClN3O3/c1-11(2,3)14-7(16)5-15-6-13-9(12)8(18-4)10(15)17/h6H,5H2,1-4H3,(H,14,16). The number of nitrogens with zero attached hydrogens (tertiary/aromatic N) is 2. The van der Waals surface area contributed by atoms with Crippen molar-refractivity contribution in [2.75, 3.05) is 7.11 Å². The van der Waals surface area contributed by atoms with Gasteiger partial charge < -0.3 is 10.1 Å². The van der Waals surface area contributed by atoms with Crippen molar-refractivity contribution >= 4 is 17.5 Å². The zero-order chi connectivity index (χ0) is 13.9. The Labute approximate surface area is 110 Å². The van der Waals surface area contributed by atoms with E-state index in [2.05, 4.69) is 10.3 Å². The number of carbonyl (C=O) groups excluding carboxylic acids is 1. The van der Waals surface area contributed by atoms with Gasteiger partial charge in [-0.3, -0.25) is 14.2 Å². The van der Waals surface area contributed by atoms with E-state index in [1.165, 1.54) is 13.4 Å². The number of rotatable bonds is 3. The third kappa shape index (κ3) is 3.73. The van der Waals surface area contributed by atoms with Crippen molar-refractivity contribution < 1.29 is 9.53 Å². The lowest BCUT2D eigenvalue weighted by atomic mass is 10.1. The number of ether oxygens (including phenoxy) is 1. The van der Waals surface area contributed by atoms with Crippen LogP contribution in [0.3, 0.4) is 0 Å². The van der Waals surface area contributed by atoms with Gasteiger partial charge in [0.05, 0.1) is 13.4 Å². The Kier molecular flexibility index (Phi) is 4.34. The molecule has 1 amide bonds. The van der Waals surface area contributed by atoms with Gasteiger partial charge in [0, 0.05) is 5.54 Å². The number of nitrogens with one attached hydrogen (secondary N) is 1. The van der Waals surface area contributed by atoms with Crippen molar-refractivity contribution in [2.45, 2.75) is 32.9 Å². The summed E-state index contributed by atoms with van der Waals surface area (Å²) in [5, 5.41) is 2.73. The van der Waals surface area contributed by atoms with Gasteiger partial charge in [-0.15, -0.1) is 0 Å². The molecule has 0 aromatic carbocycles. The summed E-state index contributed by atoms with van der Waals surface area (Å²) in [7, 11) is 1.32. The zero-order valence-electron chi connectivity index (χ0n) is 10.8. The summed E-state index contributed by atoms with van der Waals surface area (Å²) >= 11 is 5.69. The maximum atomic E-state index is 11.9. The van der Waals surface area contributed by atoms with Crippen LogP contribution >= 0.6 is 11.6 Å². The van der Waals surface area contributed by atoms with Crippen molar-refractivity contribution in [1.29, 1.82) is 0 Å². The van der Waals surface area contributed by atoms with Gasteiger partial charge in [0.1, 0.15) is 6.54 Å². The average molecular weight is 274 g/mol. The largest absolute Gasteiger partial charge is 0.489 e. The molecule has 1 rings (SSSR count). The van der Waals surface area contributed by atoms with Crippen molar-refractivity contribution in [3.8, 4) is 5.75 Å². The first kappa shape index (κ1) is 14.5. The molecule has 0 fully saturated rings. The van der Waals surface area contributed by atoms with Crippen molar-refractivity contribution in [1.82, 2.24) is 14.9 Å². The molecule has 0 unspecified atom stereocenters. The van der Waals surface area contributed by atoms with Crippen LogP contribution in [-0.4, -0.2) is 28.1 Å². The zero-order valence-corrected chi connectivity index (χ0v) is 11.5. The molecule has 0 aliphatic heterocycles. The Morgan fingerprint density at radius 2 is 2.17 bits per heavy atom. The molecule has 0 aliphatic carbocycles. The first-order valence-corrected chi connectivity index (χ1v) is 5.72. The molecule has 1 N–H and O–H groups in total. The van der Waals surface area contributed by atoms with Crippen LogP contribution in [0.1, 0.15) is 20.8 Å². The average Bonchev–Trinajstić information content (AvgIpc) is 2.20. The van der Waals surface area contributed by atoms with E-state index in [-0.39, 0.29) is 28.9 Å². The van der Waals surface area contributed by atoms with Crippen LogP contribution in [0.15, 0.2) is 11.1 Å². The fourth-order valence-electron chi connectivity index (χ4n) is 1.35. The number of hydrogen-bond donors (Lipinski definition) is 1. The quantitative estimate of drug-likeness (QED) is 0.828. The van der Waals surface area contributed by atoms with E-state index in [0.717, 1.165) is 4.57 Å². The Morgan fingerprint density at radius 1 is 1.56 bits per heavy atom. The monoisotopic (exact) mass is 273 g/mol. The summed E-state index contributed by atoms with van der Waals surface area (Å²) in [5.74, 6) is -0.349.